The predicted octanol–water partition coefficient (Wildman–Crippen LogP) is 4.76. The zero-order valence-corrected chi connectivity index (χ0v) is 12.7. The molecule has 0 saturated carbocycles. The number of fused-ring (bicyclic) bond motifs is 3. The second kappa shape index (κ2) is 4.75. The van der Waals surface area contributed by atoms with Gasteiger partial charge in [-0.05, 0) is 31.0 Å². The summed E-state index contributed by atoms with van der Waals surface area (Å²) in [5.74, 6) is 0.396. The summed E-state index contributed by atoms with van der Waals surface area (Å²) in [7, 11) is 0. The first-order chi connectivity index (χ1) is 10.2. The van der Waals surface area contributed by atoms with Gasteiger partial charge >= 0.3 is 0 Å². The molecule has 0 aromatic heterocycles. The highest BCUT2D eigenvalue weighted by Crippen LogP contribution is 2.54. The highest BCUT2D eigenvalue weighted by Gasteiger charge is 2.50. The summed E-state index contributed by atoms with van der Waals surface area (Å²) in [6.07, 6.45) is 1.05. The molecule has 3 atom stereocenters. The van der Waals surface area contributed by atoms with E-state index >= 15 is 0 Å². The third-order valence-electron chi connectivity index (χ3n) is 4.95. The molecule has 1 fully saturated rings. The zero-order valence-electron chi connectivity index (χ0n) is 12.0. The summed E-state index contributed by atoms with van der Waals surface area (Å²) < 4.78 is 6.18. The van der Waals surface area contributed by atoms with E-state index in [9.17, 15) is 0 Å². The van der Waals surface area contributed by atoms with Crippen molar-refractivity contribution in [2.24, 2.45) is 5.92 Å². The van der Waals surface area contributed by atoms with Crippen LogP contribution >= 0.6 is 11.6 Å². The fourth-order valence-electron chi connectivity index (χ4n) is 3.87. The normalized spacial score (nSPS) is 30.4. The molecule has 0 radical (unpaired) electrons. The Balaban J connectivity index is 1.87. The zero-order chi connectivity index (χ0) is 14.4. The molecule has 0 amide bonds. The standard InChI is InChI=1S/C18H18ClNO/c1-18-13-7-3-5-9-16(13)20-17(14(18)10-11-21-18)12-6-2-4-8-15(12)19/h2-9,14,17,20H,10-11H2,1H3/t14-,17-,18+/m0/s1. The Morgan fingerprint density at radius 3 is 2.76 bits per heavy atom. The van der Waals surface area contributed by atoms with Crippen molar-refractivity contribution in [3.05, 3.63) is 64.7 Å². The molecule has 0 unspecified atom stereocenters. The molecule has 1 saturated heterocycles. The second-order valence-corrected chi connectivity index (χ2v) is 6.45. The second-order valence-electron chi connectivity index (χ2n) is 6.04. The van der Waals surface area contributed by atoms with E-state index in [1.165, 1.54) is 5.56 Å². The van der Waals surface area contributed by atoms with Gasteiger partial charge in [0.25, 0.3) is 0 Å². The van der Waals surface area contributed by atoms with Crippen LogP contribution in [0, 0.1) is 5.92 Å². The summed E-state index contributed by atoms with van der Waals surface area (Å²) in [5.41, 5.74) is 3.35. The molecule has 0 aliphatic carbocycles. The molecule has 0 spiro atoms. The topological polar surface area (TPSA) is 21.3 Å². The molecule has 2 aromatic carbocycles. The summed E-state index contributed by atoms with van der Waals surface area (Å²) >= 11 is 6.44. The monoisotopic (exact) mass is 299 g/mol. The van der Waals surface area contributed by atoms with Gasteiger partial charge in [0.2, 0.25) is 0 Å². The first-order valence-corrected chi connectivity index (χ1v) is 7.82. The minimum atomic E-state index is -0.230. The van der Waals surface area contributed by atoms with Gasteiger partial charge in [-0.3, -0.25) is 0 Å². The van der Waals surface area contributed by atoms with E-state index in [1.807, 2.05) is 12.1 Å². The summed E-state index contributed by atoms with van der Waals surface area (Å²) in [6, 6.07) is 16.8. The highest BCUT2D eigenvalue weighted by molar-refractivity contribution is 6.31. The maximum absolute atomic E-state index is 6.44. The minimum Gasteiger partial charge on any atom is -0.377 e. The predicted molar refractivity (Wildman–Crippen MR) is 85.7 cm³/mol. The van der Waals surface area contributed by atoms with E-state index in [-0.39, 0.29) is 11.6 Å². The Morgan fingerprint density at radius 2 is 1.90 bits per heavy atom. The van der Waals surface area contributed by atoms with Crippen LogP contribution in [0.15, 0.2) is 48.5 Å². The molecular formula is C18H18ClNO. The van der Waals surface area contributed by atoms with Crippen molar-refractivity contribution in [2.75, 3.05) is 11.9 Å². The molecular weight excluding hydrogens is 282 g/mol. The molecule has 3 heteroatoms. The lowest BCUT2D eigenvalue weighted by Crippen LogP contribution is -2.40. The van der Waals surface area contributed by atoms with Crippen LogP contribution in [0.25, 0.3) is 0 Å². The van der Waals surface area contributed by atoms with E-state index in [0.29, 0.717) is 5.92 Å². The number of anilines is 1. The number of halogens is 1. The van der Waals surface area contributed by atoms with Crippen molar-refractivity contribution in [1.29, 1.82) is 0 Å². The van der Waals surface area contributed by atoms with Crippen molar-refractivity contribution in [3.63, 3.8) is 0 Å². The van der Waals surface area contributed by atoms with Gasteiger partial charge < -0.3 is 10.1 Å². The first-order valence-electron chi connectivity index (χ1n) is 7.44. The van der Waals surface area contributed by atoms with Gasteiger partial charge in [0, 0.05) is 28.8 Å². The average molecular weight is 300 g/mol. The number of para-hydroxylation sites is 1. The van der Waals surface area contributed by atoms with Crippen molar-refractivity contribution in [1.82, 2.24) is 0 Å². The lowest BCUT2D eigenvalue weighted by molar-refractivity contribution is -0.0178. The Kier molecular flexibility index (Phi) is 2.98. The lowest BCUT2D eigenvalue weighted by Gasteiger charge is -2.43. The Labute approximate surface area is 130 Å². The third-order valence-corrected chi connectivity index (χ3v) is 5.30. The van der Waals surface area contributed by atoms with Crippen LogP contribution in [-0.4, -0.2) is 6.61 Å². The third kappa shape index (κ3) is 1.90. The van der Waals surface area contributed by atoms with Crippen molar-refractivity contribution in [3.8, 4) is 0 Å². The highest BCUT2D eigenvalue weighted by atomic mass is 35.5. The fraction of sp³-hybridized carbons (Fsp3) is 0.333. The van der Waals surface area contributed by atoms with Crippen molar-refractivity contribution >= 4 is 17.3 Å². The largest absolute Gasteiger partial charge is 0.377 e. The minimum absolute atomic E-state index is 0.195. The summed E-state index contributed by atoms with van der Waals surface area (Å²) in [4.78, 5) is 0. The van der Waals surface area contributed by atoms with Gasteiger partial charge in [-0.15, -0.1) is 0 Å². The lowest BCUT2D eigenvalue weighted by atomic mass is 9.73. The summed E-state index contributed by atoms with van der Waals surface area (Å²) in [6.45, 7) is 3.02. The van der Waals surface area contributed by atoms with Crippen LogP contribution in [0.1, 0.15) is 30.5 Å². The molecule has 2 nitrogen and oxygen atoms in total. The molecule has 2 aromatic rings. The smallest absolute Gasteiger partial charge is 0.0974 e. The SMILES string of the molecule is C[C@]12OCC[C@H]1[C@H](c1ccccc1Cl)Nc1ccccc12. The maximum atomic E-state index is 6.44. The molecule has 0 bridgehead atoms. The van der Waals surface area contributed by atoms with Crippen LogP contribution in [0.4, 0.5) is 5.69 Å². The number of hydrogen-bond acceptors (Lipinski definition) is 2. The van der Waals surface area contributed by atoms with Crippen LogP contribution in [0.3, 0.4) is 0 Å². The molecule has 2 aliphatic heterocycles. The van der Waals surface area contributed by atoms with Gasteiger partial charge in [-0.1, -0.05) is 48.0 Å². The van der Waals surface area contributed by atoms with Gasteiger partial charge in [0.05, 0.1) is 11.6 Å². The van der Waals surface area contributed by atoms with E-state index in [4.69, 9.17) is 16.3 Å². The number of nitrogens with one attached hydrogen (secondary N) is 1. The van der Waals surface area contributed by atoms with Crippen LogP contribution in [0.5, 0.6) is 0 Å². The fourth-order valence-corrected chi connectivity index (χ4v) is 4.13. The van der Waals surface area contributed by atoms with Crippen LogP contribution in [0.2, 0.25) is 5.02 Å². The molecule has 21 heavy (non-hydrogen) atoms. The van der Waals surface area contributed by atoms with E-state index in [1.54, 1.807) is 0 Å². The van der Waals surface area contributed by atoms with Gasteiger partial charge in [-0.25, -0.2) is 0 Å². The van der Waals surface area contributed by atoms with Gasteiger partial charge in [-0.2, -0.15) is 0 Å². The molecule has 2 heterocycles. The Hall–Kier alpha value is -1.51. The first kappa shape index (κ1) is 13.2. The molecule has 108 valence electrons. The molecule has 2 aliphatic rings. The number of ether oxygens (including phenoxy) is 1. The Morgan fingerprint density at radius 1 is 1.14 bits per heavy atom. The van der Waals surface area contributed by atoms with Gasteiger partial charge in [0.15, 0.2) is 0 Å². The Bertz CT molecular complexity index is 686. The molecule has 4 rings (SSSR count). The molecule has 1 N–H and O–H groups in total. The van der Waals surface area contributed by atoms with Crippen LogP contribution in [-0.2, 0) is 10.3 Å². The number of hydrogen-bond donors (Lipinski definition) is 1. The maximum Gasteiger partial charge on any atom is 0.0974 e. The van der Waals surface area contributed by atoms with Crippen molar-refractivity contribution < 1.29 is 4.74 Å². The average Bonchev–Trinajstić information content (AvgIpc) is 2.90. The van der Waals surface area contributed by atoms with Crippen LogP contribution < -0.4 is 5.32 Å². The van der Waals surface area contributed by atoms with Gasteiger partial charge in [0.1, 0.15) is 0 Å². The van der Waals surface area contributed by atoms with E-state index in [0.717, 1.165) is 29.3 Å². The number of rotatable bonds is 1. The van der Waals surface area contributed by atoms with Crippen molar-refractivity contribution in [2.45, 2.75) is 25.0 Å². The quantitative estimate of drug-likeness (QED) is 0.820. The summed E-state index contributed by atoms with van der Waals surface area (Å²) in [5, 5.41) is 4.51. The van der Waals surface area contributed by atoms with E-state index < -0.39 is 0 Å². The van der Waals surface area contributed by atoms with E-state index in [2.05, 4.69) is 48.6 Å². The number of benzene rings is 2.